The molecule has 0 fully saturated rings. The number of rotatable bonds is 4. The molecule has 0 aliphatic heterocycles. The van der Waals surface area contributed by atoms with E-state index in [4.69, 9.17) is 0 Å². The quantitative estimate of drug-likeness (QED) is 0.600. The van der Waals surface area contributed by atoms with Gasteiger partial charge in [0.05, 0.1) is 11.0 Å². The summed E-state index contributed by atoms with van der Waals surface area (Å²) in [7, 11) is 0. The van der Waals surface area contributed by atoms with Gasteiger partial charge in [-0.3, -0.25) is 4.79 Å². The van der Waals surface area contributed by atoms with Crippen LogP contribution < -0.4 is 5.32 Å². The lowest BCUT2D eigenvalue weighted by Crippen LogP contribution is -2.20. The third kappa shape index (κ3) is 4.96. The van der Waals surface area contributed by atoms with E-state index in [0.29, 0.717) is 11.1 Å². The molecule has 7 heteroatoms. The fourth-order valence-electron chi connectivity index (χ4n) is 3.23. The molecule has 1 N–H and O–H groups in total. The first-order valence-corrected chi connectivity index (χ1v) is 9.36. The van der Waals surface area contributed by atoms with Crippen LogP contribution in [0, 0.1) is 12.3 Å². The molecule has 2 heterocycles. The highest BCUT2D eigenvalue weighted by Gasteiger charge is 2.36. The highest BCUT2D eigenvalue weighted by Crippen LogP contribution is 2.35. The summed E-state index contributed by atoms with van der Waals surface area (Å²) in [6, 6.07) is 11.7. The van der Waals surface area contributed by atoms with Crippen LogP contribution in [0.25, 0.3) is 11.0 Å². The molecule has 29 heavy (non-hydrogen) atoms. The van der Waals surface area contributed by atoms with E-state index in [-0.39, 0.29) is 35.6 Å². The summed E-state index contributed by atoms with van der Waals surface area (Å²) in [5.41, 5.74) is 0.986. The molecule has 0 saturated carbocycles. The van der Waals surface area contributed by atoms with Crippen LogP contribution in [0.3, 0.4) is 0 Å². The zero-order valence-electron chi connectivity index (χ0n) is 16.9. The minimum absolute atomic E-state index is 0.0794. The molecule has 0 unspecified atom stereocenters. The molecule has 0 saturated heterocycles. The lowest BCUT2D eigenvalue weighted by atomic mass is 9.92. The Morgan fingerprint density at radius 2 is 1.76 bits per heavy atom. The minimum atomic E-state index is -4.51. The molecule has 3 rings (SSSR count). The van der Waals surface area contributed by atoms with Crippen molar-refractivity contribution >= 4 is 22.8 Å². The van der Waals surface area contributed by atoms with Crippen LogP contribution in [0.4, 0.5) is 19.0 Å². The van der Waals surface area contributed by atoms with Gasteiger partial charge in [-0.15, -0.1) is 0 Å². The Hall–Kier alpha value is -2.83. The molecule has 0 radical (unpaired) electrons. The van der Waals surface area contributed by atoms with Crippen molar-refractivity contribution in [2.24, 2.45) is 5.41 Å². The zero-order valence-corrected chi connectivity index (χ0v) is 16.9. The van der Waals surface area contributed by atoms with Crippen molar-refractivity contribution in [1.82, 2.24) is 9.55 Å². The number of carbonyl (C=O) groups is 1. The SMILES string of the molecule is Cc1cc2c(cc(C(F)(F)F)n2Cc2ccccc2)nc1NC(=O)CC(C)(C)C. The van der Waals surface area contributed by atoms with Crippen molar-refractivity contribution in [2.75, 3.05) is 5.32 Å². The van der Waals surface area contributed by atoms with E-state index < -0.39 is 11.9 Å². The van der Waals surface area contributed by atoms with Crippen LogP contribution in [-0.2, 0) is 17.5 Å². The third-order valence-electron chi connectivity index (χ3n) is 4.50. The maximum atomic E-state index is 13.7. The van der Waals surface area contributed by atoms with Crippen LogP contribution in [0.1, 0.15) is 44.0 Å². The van der Waals surface area contributed by atoms with E-state index in [1.54, 1.807) is 37.3 Å². The number of pyridine rings is 1. The maximum absolute atomic E-state index is 13.7. The summed E-state index contributed by atoms with van der Waals surface area (Å²) in [6.45, 7) is 7.63. The molecule has 3 aromatic rings. The summed E-state index contributed by atoms with van der Waals surface area (Å²) in [5, 5.41) is 2.74. The smallest absolute Gasteiger partial charge is 0.331 e. The predicted octanol–water partition coefficient (Wildman–Crippen LogP) is 5.79. The Morgan fingerprint density at radius 3 is 2.34 bits per heavy atom. The van der Waals surface area contributed by atoms with E-state index in [1.807, 2.05) is 26.8 Å². The van der Waals surface area contributed by atoms with Crippen molar-refractivity contribution in [2.45, 2.75) is 46.8 Å². The normalized spacial score (nSPS) is 12.4. The standard InChI is InChI=1S/C22H24F3N3O/c1-14-10-17-16(26-20(14)27-19(29)12-21(2,3)4)11-18(22(23,24)25)28(17)13-15-8-6-5-7-9-15/h5-11H,12-13H2,1-4H3,(H,26,27,29). The second kappa shape index (κ2) is 7.54. The number of hydrogen-bond acceptors (Lipinski definition) is 2. The minimum Gasteiger partial charge on any atom is -0.331 e. The van der Waals surface area contributed by atoms with Crippen LogP contribution >= 0.6 is 0 Å². The number of amides is 1. The van der Waals surface area contributed by atoms with Gasteiger partial charge in [0, 0.05) is 13.0 Å². The summed E-state index contributed by atoms with van der Waals surface area (Å²) < 4.78 is 42.2. The van der Waals surface area contributed by atoms with E-state index >= 15 is 0 Å². The molecule has 2 aromatic heterocycles. The van der Waals surface area contributed by atoms with Gasteiger partial charge in [-0.05, 0) is 35.6 Å². The highest BCUT2D eigenvalue weighted by molar-refractivity contribution is 5.92. The zero-order chi connectivity index (χ0) is 21.4. The van der Waals surface area contributed by atoms with Crippen LogP contribution in [0.2, 0.25) is 0 Å². The molecule has 1 amide bonds. The molecular formula is C22H24F3N3O. The predicted molar refractivity (Wildman–Crippen MR) is 108 cm³/mol. The number of hydrogen-bond donors (Lipinski definition) is 1. The van der Waals surface area contributed by atoms with Gasteiger partial charge in [0.25, 0.3) is 0 Å². The van der Waals surface area contributed by atoms with Crippen molar-refractivity contribution in [3.05, 3.63) is 59.3 Å². The molecule has 0 atom stereocenters. The van der Waals surface area contributed by atoms with Gasteiger partial charge >= 0.3 is 6.18 Å². The van der Waals surface area contributed by atoms with Crippen LogP contribution in [0.5, 0.6) is 0 Å². The fourth-order valence-corrected chi connectivity index (χ4v) is 3.23. The molecule has 154 valence electrons. The topological polar surface area (TPSA) is 46.9 Å². The number of fused-ring (bicyclic) bond motifs is 1. The Bertz CT molecular complexity index is 1030. The Kier molecular flexibility index (Phi) is 5.43. The van der Waals surface area contributed by atoms with Gasteiger partial charge in [0.15, 0.2) is 0 Å². The van der Waals surface area contributed by atoms with Gasteiger partial charge in [0.1, 0.15) is 11.5 Å². The van der Waals surface area contributed by atoms with Gasteiger partial charge < -0.3 is 9.88 Å². The largest absolute Gasteiger partial charge is 0.431 e. The van der Waals surface area contributed by atoms with Gasteiger partial charge in [-0.1, -0.05) is 51.1 Å². The first kappa shape index (κ1) is 20.9. The fraction of sp³-hybridized carbons (Fsp3) is 0.364. The van der Waals surface area contributed by atoms with Crippen LogP contribution in [0.15, 0.2) is 42.5 Å². The van der Waals surface area contributed by atoms with E-state index in [1.165, 1.54) is 4.57 Å². The van der Waals surface area contributed by atoms with Crippen molar-refractivity contribution in [3.63, 3.8) is 0 Å². The lowest BCUT2D eigenvalue weighted by Gasteiger charge is -2.17. The number of benzene rings is 1. The average Bonchev–Trinajstić information content (AvgIpc) is 2.92. The van der Waals surface area contributed by atoms with Crippen molar-refractivity contribution in [1.29, 1.82) is 0 Å². The number of nitrogens with zero attached hydrogens (tertiary/aromatic N) is 2. The number of alkyl halides is 3. The van der Waals surface area contributed by atoms with E-state index in [0.717, 1.165) is 11.6 Å². The number of halogens is 3. The number of aryl methyl sites for hydroxylation is 1. The van der Waals surface area contributed by atoms with Crippen molar-refractivity contribution < 1.29 is 18.0 Å². The molecule has 0 aliphatic rings. The van der Waals surface area contributed by atoms with Gasteiger partial charge in [-0.25, -0.2) is 4.98 Å². The Labute approximate surface area is 167 Å². The molecular weight excluding hydrogens is 379 g/mol. The Balaban J connectivity index is 2.04. The summed E-state index contributed by atoms with van der Waals surface area (Å²) in [6.07, 6.45) is -4.23. The van der Waals surface area contributed by atoms with Gasteiger partial charge in [-0.2, -0.15) is 13.2 Å². The summed E-state index contributed by atoms with van der Waals surface area (Å²) >= 11 is 0. The first-order valence-electron chi connectivity index (χ1n) is 9.36. The lowest BCUT2D eigenvalue weighted by molar-refractivity contribution is -0.143. The second-order valence-corrected chi connectivity index (χ2v) is 8.44. The summed E-state index contributed by atoms with van der Waals surface area (Å²) in [5.74, 6) is 0.0737. The average molecular weight is 403 g/mol. The number of carbonyl (C=O) groups excluding carboxylic acids is 1. The molecule has 0 bridgehead atoms. The monoisotopic (exact) mass is 403 g/mol. The van der Waals surface area contributed by atoms with Crippen molar-refractivity contribution in [3.8, 4) is 0 Å². The number of aromatic nitrogens is 2. The third-order valence-corrected chi connectivity index (χ3v) is 4.50. The van der Waals surface area contributed by atoms with Gasteiger partial charge in [0.2, 0.25) is 5.91 Å². The van der Waals surface area contributed by atoms with E-state index in [2.05, 4.69) is 10.3 Å². The molecule has 0 aliphatic carbocycles. The number of nitrogens with one attached hydrogen (secondary N) is 1. The first-order chi connectivity index (χ1) is 13.4. The maximum Gasteiger partial charge on any atom is 0.431 e. The van der Waals surface area contributed by atoms with Crippen LogP contribution in [-0.4, -0.2) is 15.5 Å². The highest BCUT2D eigenvalue weighted by atomic mass is 19.4. The summed E-state index contributed by atoms with van der Waals surface area (Å²) in [4.78, 5) is 16.6. The molecule has 4 nitrogen and oxygen atoms in total. The molecule has 0 spiro atoms. The number of anilines is 1. The second-order valence-electron chi connectivity index (χ2n) is 8.44. The Morgan fingerprint density at radius 1 is 1.10 bits per heavy atom. The molecule has 1 aromatic carbocycles. The van der Waals surface area contributed by atoms with E-state index in [9.17, 15) is 18.0 Å².